The van der Waals surface area contributed by atoms with Crippen LogP contribution in [0.4, 0.5) is 4.39 Å². The van der Waals surface area contributed by atoms with Crippen LogP contribution in [-0.4, -0.2) is 5.75 Å². The van der Waals surface area contributed by atoms with E-state index >= 15 is 0 Å². The molecular weight excluding hydrogens is 303 g/mol. The molecule has 0 aromatic heterocycles. The number of hydrogen-bond acceptors (Lipinski definition) is 1. The first-order chi connectivity index (χ1) is 11.3. The van der Waals surface area contributed by atoms with Crippen LogP contribution in [0.2, 0.25) is 0 Å². The third-order valence-corrected chi connectivity index (χ3v) is 4.25. The Morgan fingerprint density at radius 2 is 1.74 bits per heavy atom. The highest BCUT2D eigenvalue weighted by Crippen LogP contribution is 2.34. The van der Waals surface area contributed by atoms with Gasteiger partial charge in [-0.2, -0.15) is 12.6 Å². The van der Waals surface area contributed by atoms with Gasteiger partial charge < -0.3 is 0 Å². The molecule has 1 atom stereocenters. The molecule has 0 radical (unpaired) electrons. The average Bonchev–Trinajstić information content (AvgIpc) is 2.75. The van der Waals surface area contributed by atoms with Gasteiger partial charge in [-0.3, -0.25) is 0 Å². The molecule has 23 heavy (non-hydrogen) atoms. The Bertz CT molecular complexity index is 631. The summed E-state index contributed by atoms with van der Waals surface area (Å²) in [5, 5.41) is 0. The first-order valence-electron chi connectivity index (χ1n) is 8.07. The van der Waals surface area contributed by atoms with Crippen LogP contribution in [-0.2, 0) is 12.8 Å². The molecule has 1 aliphatic carbocycles. The molecule has 0 aliphatic heterocycles. The smallest absolute Gasteiger partial charge is 0.123 e. The monoisotopic (exact) mass is 328 g/mol. The Morgan fingerprint density at radius 3 is 2.43 bits per heavy atom. The number of terminal acetylenes is 1. The van der Waals surface area contributed by atoms with E-state index in [1.165, 1.54) is 16.7 Å². The summed E-state index contributed by atoms with van der Waals surface area (Å²) in [4.78, 5) is 0. The Kier molecular flexibility index (Phi) is 8.51. The highest BCUT2D eigenvalue weighted by atomic mass is 32.1. The molecule has 2 aromatic rings. The van der Waals surface area contributed by atoms with Gasteiger partial charge in [0.05, 0.1) is 0 Å². The van der Waals surface area contributed by atoms with E-state index in [9.17, 15) is 4.39 Å². The van der Waals surface area contributed by atoms with Crippen LogP contribution in [0.25, 0.3) is 0 Å². The molecule has 0 unspecified atom stereocenters. The Labute approximate surface area is 145 Å². The van der Waals surface area contributed by atoms with Crippen molar-refractivity contribution in [2.45, 2.75) is 39.0 Å². The van der Waals surface area contributed by atoms with E-state index in [0.29, 0.717) is 5.92 Å². The van der Waals surface area contributed by atoms with Gasteiger partial charge in [0.25, 0.3) is 0 Å². The van der Waals surface area contributed by atoms with Crippen LogP contribution in [0, 0.1) is 18.7 Å². The summed E-state index contributed by atoms with van der Waals surface area (Å²) in [5.74, 6) is 1.19. The van der Waals surface area contributed by atoms with E-state index in [4.69, 9.17) is 0 Å². The number of thiol groups is 1. The zero-order valence-electron chi connectivity index (χ0n) is 13.9. The topological polar surface area (TPSA) is 0 Å². The molecule has 1 aliphatic rings. The summed E-state index contributed by atoms with van der Waals surface area (Å²) in [5.41, 5.74) is 5.20. The maximum Gasteiger partial charge on any atom is 0.123 e. The fourth-order valence-corrected chi connectivity index (χ4v) is 3.36. The van der Waals surface area contributed by atoms with Crippen molar-refractivity contribution in [3.05, 3.63) is 70.5 Å². The molecule has 0 N–H and O–H groups in total. The third-order valence-electron chi connectivity index (χ3n) is 3.99. The molecular formula is C21H25FS. The number of rotatable bonds is 2. The van der Waals surface area contributed by atoms with E-state index in [1.807, 2.05) is 19.9 Å². The lowest BCUT2D eigenvalue weighted by molar-refractivity contribution is 0.618. The van der Waals surface area contributed by atoms with Crippen molar-refractivity contribution >= 4 is 12.6 Å². The van der Waals surface area contributed by atoms with Gasteiger partial charge >= 0.3 is 0 Å². The number of hydrogen-bond donors (Lipinski definition) is 1. The van der Waals surface area contributed by atoms with E-state index in [2.05, 4.69) is 49.7 Å². The zero-order chi connectivity index (χ0) is 17.2. The van der Waals surface area contributed by atoms with Crippen molar-refractivity contribution < 1.29 is 4.39 Å². The van der Waals surface area contributed by atoms with Gasteiger partial charge in [-0.25, -0.2) is 4.39 Å². The lowest BCUT2D eigenvalue weighted by atomic mass is 9.89. The second-order valence-electron chi connectivity index (χ2n) is 5.20. The van der Waals surface area contributed by atoms with Crippen molar-refractivity contribution in [3.63, 3.8) is 0 Å². The highest BCUT2D eigenvalue weighted by molar-refractivity contribution is 7.80. The zero-order valence-corrected chi connectivity index (χ0v) is 14.8. The molecule has 0 fully saturated rings. The van der Waals surface area contributed by atoms with Crippen LogP contribution >= 0.6 is 12.6 Å². The summed E-state index contributed by atoms with van der Waals surface area (Å²) in [6.07, 6.45) is 10.9. The molecule has 2 aromatic carbocycles. The molecule has 0 saturated heterocycles. The summed E-state index contributed by atoms with van der Waals surface area (Å²) >= 11 is 4.37. The molecule has 0 spiro atoms. The van der Waals surface area contributed by atoms with E-state index in [0.717, 1.165) is 30.6 Å². The first kappa shape index (κ1) is 19.3. The molecule has 0 bridgehead atoms. The number of benzene rings is 2. The SMILES string of the molecule is C#C.CC.Fc1ccc2c(c1)C[C@H](CCS)c1ccccc1C2. The van der Waals surface area contributed by atoms with Gasteiger partial charge in [0, 0.05) is 0 Å². The van der Waals surface area contributed by atoms with Crippen LogP contribution in [0.15, 0.2) is 42.5 Å². The van der Waals surface area contributed by atoms with Gasteiger partial charge in [-0.1, -0.05) is 44.2 Å². The fourth-order valence-electron chi connectivity index (χ4n) is 3.04. The van der Waals surface area contributed by atoms with Gasteiger partial charge in [0.2, 0.25) is 0 Å². The molecule has 0 heterocycles. The molecule has 2 heteroatoms. The van der Waals surface area contributed by atoms with Gasteiger partial charge in [0.15, 0.2) is 0 Å². The second-order valence-corrected chi connectivity index (χ2v) is 5.65. The molecule has 0 saturated carbocycles. The van der Waals surface area contributed by atoms with Crippen molar-refractivity contribution in [3.8, 4) is 12.8 Å². The normalized spacial score (nSPS) is 14.8. The Morgan fingerprint density at radius 1 is 1.04 bits per heavy atom. The average molecular weight is 328 g/mol. The predicted octanol–water partition coefficient (Wildman–Crippen LogP) is 5.65. The van der Waals surface area contributed by atoms with Crippen molar-refractivity contribution in [1.82, 2.24) is 0 Å². The van der Waals surface area contributed by atoms with Crippen molar-refractivity contribution in [1.29, 1.82) is 0 Å². The summed E-state index contributed by atoms with van der Waals surface area (Å²) < 4.78 is 13.5. The number of fused-ring (bicyclic) bond motifs is 2. The standard InChI is InChI=1S/C17H17FS.C2H6.C2H2/c18-16-6-5-12-9-13-3-1-2-4-17(13)14(7-8-19)10-15(12)11-16;2*1-2/h1-6,11,14,19H,7-10H2;1-2H3;1-2H/t14-;;/m0../s1. The third kappa shape index (κ3) is 4.88. The summed E-state index contributed by atoms with van der Waals surface area (Å²) in [6, 6.07) is 13.8. The van der Waals surface area contributed by atoms with E-state index in [1.54, 1.807) is 12.1 Å². The van der Waals surface area contributed by atoms with Gasteiger partial charge in [0.1, 0.15) is 5.82 Å². The predicted molar refractivity (Wildman–Crippen MR) is 102 cm³/mol. The van der Waals surface area contributed by atoms with Crippen LogP contribution in [0.1, 0.15) is 48.4 Å². The number of halogens is 1. The summed E-state index contributed by atoms with van der Waals surface area (Å²) in [6.45, 7) is 4.00. The Balaban J connectivity index is 0.000000615. The second kappa shape index (κ2) is 10.1. The lowest BCUT2D eigenvalue weighted by Gasteiger charge is -2.16. The van der Waals surface area contributed by atoms with E-state index < -0.39 is 0 Å². The largest absolute Gasteiger partial charge is 0.207 e. The van der Waals surface area contributed by atoms with E-state index in [-0.39, 0.29) is 5.82 Å². The minimum absolute atomic E-state index is 0.130. The van der Waals surface area contributed by atoms with Crippen molar-refractivity contribution in [2.75, 3.05) is 5.75 Å². The maximum atomic E-state index is 13.5. The molecule has 0 nitrogen and oxygen atoms in total. The highest BCUT2D eigenvalue weighted by Gasteiger charge is 2.21. The maximum absolute atomic E-state index is 13.5. The Hall–Kier alpha value is -1.72. The van der Waals surface area contributed by atoms with Gasteiger partial charge in [-0.05, 0) is 65.3 Å². The fraction of sp³-hybridized carbons (Fsp3) is 0.333. The van der Waals surface area contributed by atoms with Crippen LogP contribution in [0.5, 0.6) is 0 Å². The minimum Gasteiger partial charge on any atom is -0.207 e. The van der Waals surface area contributed by atoms with Crippen LogP contribution in [0.3, 0.4) is 0 Å². The summed E-state index contributed by atoms with van der Waals surface area (Å²) in [7, 11) is 0. The quantitative estimate of drug-likeness (QED) is 0.534. The van der Waals surface area contributed by atoms with Gasteiger partial charge in [-0.15, -0.1) is 12.8 Å². The molecule has 122 valence electrons. The first-order valence-corrected chi connectivity index (χ1v) is 8.70. The minimum atomic E-state index is -0.130. The molecule has 0 amide bonds. The van der Waals surface area contributed by atoms with Crippen LogP contribution < -0.4 is 0 Å². The van der Waals surface area contributed by atoms with Crippen molar-refractivity contribution in [2.24, 2.45) is 0 Å². The molecule has 3 rings (SSSR count). The lowest BCUT2D eigenvalue weighted by Crippen LogP contribution is -2.04.